The number of amides is 1. The Labute approximate surface area is 133 Å². The van der Waals surface area contributed by atoms with Crippen LogP contribution in [0.3, 0.4) is 0 Å². The van der Waals surface area contributed by atoms with Gasteiger partial charge >= 0.3 is 0 Å². The first-order chi connectivity index (χ1) is 10.6. The molecule has 1 atom stereocenters. The van der Waals surface area contributed by atoms with Crippen LogP contribution in [0, 0.1) is 6.92 Å². The summed E-state index contributed by atoms with van der Waals surface area (Å²) < 4.78 is 5.37. The summed E-state index contributed by atoms with van der Waals surface area (Å²) in [5.74, 6) is 1.81. The van der Waals surface area contributed by atoms with E-state index >= 15 is 0 Å². The van der Waals surface area contributed by atoms with Crippen LogP contribution in [-0.4, -0.2) is 22.6 Å². The van der Waals surface area contributed by atoms with Crippen molar-refractivity contribution in [3.8, 4) is 0 Å². The smallest absolute Gasteiger partial charge is 0.232 e. The van der Waals surface area contributed by atoms with Crippen molar-refractivity contribution in [2.75, 3.05) is 11.4 Å². The van der Waals surface area contributed by atoms with Gasteiger partial charge in [-0.3, -0.25) is 4.79 Å². The molecule has 1 aromatic heterocycles. The first-order valence-corrected chi connectivity index (χ1v) is 7.90. The fourth-order valence-corrected chi connectivity index (χ4v) is 3.30. The minimum absolute atomic E-state index is 0.0485. The van der Waals surface area contributed by atoms with E-state index in [1.165, 1.54) is 0 Å². The van der Waals surface area contributed by atoms with Crippen molar-refractivity contribution in [1.29, 1.82) is 0 Å². The van der Waals surface area contributed by atoms with Crippen LogP contribution in [0.4, 0.5) is 5.69 Å². The summed E-state index contributed by atoms with van der Waals surface area (Å²) in [5.41, 5.74) is 1.78. The number of para-hydroxylation sites is 1. The van der Waals surface area contributed by atoms with Gasteiger partial charge < -0.3 is 9.42 Å². The Morgan fingerprint density at radius 2 is 2.14 bits per heavy atom. The quantitative estimate of drug-likeness (QED) is 0.870. The largest absolute Gasteiger partial charge is 0.339 e. The maximum absolute atomic E-state index is 12.4. The number of hydrogen-bond donors (Lipinski definition) is 0. The number of halogens is 1. The molecule has 0 radical (unpaired) electrons. The highest BCUT2D eigenvalue weighted by Gasteiger charge is 2.37. The zero-order valence-corrected chi connectivity index (χ0v) is 13.0. The lowest BCUT2D eigenvalue weighted by atomic mass is 10.1. The van der Waals surface area contributed by atoms with Crippen molar-refractivity contribution >= 4 is 23.2 Å². The summed E-state index contributed by atoms with van der Waals surface area (Å²) in [5, 5.41) is 4.63. The molecule has 0 bridgehead atoms. The Morgan fingerprint density at radius 1 is 1.32 bits per heavy atom. The van der Waals surface area contributed by atoms with Crippen molar-refractivity contribution in [2.24, 2.45) is 0 Å². The summed E-state index contributed by atoms with van der Waals surface area (Å²) in [6.07, 6.45) is 2.65. The molecule has 1 aliphatic carbocycles. The standard InChI is InChI=1S/C16H16ClN3O2/c1-9-3-2-4-12(17)14(9)20-8-11(7-13(20)21)16-18-15(19-22-16)10-5-6-10/h2-4,10-11H,5-8H2,1H3. The molecular weight excluding hydrogens is 302 g/mol. The van der Waals surface area contributed by atoms with Gasteiger partial charge in [-0.15, -0.1) is 0 Å². The normalized spacial score (nSPS) is 21.6. The molecule has 2 fully saturated rings. The van der Waals surface area contributed by atoms with Gasteiger partial charge in [-0.25, -0.2) is 0 Å². The highest BCUT2D eigenvalue weighted by Crippen LogP contribution is 2.40. The van der Waals surface area contributed by atoms with Gasteiger partial charge in [-0.2, -0.15) is 4.98 Å². The molecule has 2 aliphatic rings. The molecule has 2 aromatic rings. The Hall–Kier alpha value is -1.88. The topological polar surface area (TPSA) is 59.2 Å². The number of aromatic nitrogens is 2. The van der Waals surface area contributed by atoms with E-state index in [9.17, 15) is 4.79 Å². The third-order valence-corrected chi connectivity index (χ3v) is 4.64. The van der Waals surface area contributed by atoms with Crippen molar-refractivity contribution < 1.29 is 9.32 Å². The van der Waals surface area contributed by atoms with Crippen LogP contribution in [-0.2, 0) is 4.79 Å². The Morgan fingerprint density at radius 3 is 2.86 bits per heavy atom. The molecule has 114 valence electrons. The molecule has 1 unspecified atom stereocenters. The monoisotopic (exact) mass is 317 g/mol. The van der Waals surface area contributed by atoms with E-state index in [0.29, 0.717) is 29.8 Å². The summed E-state index contributed by atoms with van der Waals surface area (Å²) in [6, 6.07) is 5.65. The molecule has 6 heteroatoms. The van der Waals surface area contributed by atoms with Gasteiger partial charge in [-0.05, 0) is 31.4 Å². The fourth-order valence-electron chi connectivity index (χ4n) is 2.97. The van der Waals surface area contributed by atoms with Crippen molar-refractivity contribution in [3.63, 3.8) is 0 Å². The maximum atomic E-state index is 12.4. The molecule has 1 saturated heterocycles. The van der Waals surface area contributed by atoms with Crippen LogP contribution in [0.15, 0.2) is 22.7 Å². The molecule has 4 rings (SSSR count). The van der Waals surface area contributed by atoms with Gasteiger partial charge in [0.05, 0.1) is 16.6 Å². The average Bonchev–Trinajstić information content (AvgIpc) is 3.09. The number of rotatable bonds is 3. The van der Waals surface area contributed by atoms with Gasteiger partial charge in [0.15, 0.2) is 5.82 Å². The molecule has 5 nitrogen and oxygen atoms in total. The van der Waals surface area contributed by atoms with Crippen LogP contribution < -0.4 is 4.90 Å². The van der Waals surface area contributed by atoms with Crippen LogP contribution in [0.2, 0.25) is 5.02 Å². The van der Waals surface area contributed by atoms with Gasteiger partial charge in [0.1, 0.15) is 0 Å². The average molecular weight is 318 g/mol. The number of carbonyl (C=O) groups is 1. The predicted molar refractivity (Wildman–Crippen MR) is 82.2 cm³/mol. The van der Waals surface area contributed by atoms with Crippen molar-refractivity contribution in [2.45, 2.75) is 38.0 Å². The van der Waals surface area contributed by atoms with Crippen LogP contribution in [0.1, 0.15) is 48.4 Å². The second kappa shape index (κ2) is 5.09. The second-order valence-corrected chi connectivity index (χ2v) is 6.48. The van der Waals surface area contributed by atoms with Gasteiger partial charge in [-0.1, -0.05) is 28.9 Å². The van der Waals surface area contributed by atoms with Crippen LogP contribution >= 0.6 is 11.6 Å². The van der Waals surface area contributed by atoms with E-state index in [4.69, 9.17) is 16.1 Å². The number of nitrogens with zero attached hydrogens (tertiary/aromatic N) is 3. The van der Waals surface area contributed by atoms with E-state index in [2.05, 4.69) is 10.1 Å². The number of hydrogen-bond acceptors (Lipinski definition) is 4. The predicted octanol–water partition coefficient (Wildman–Crippen LogP) is 3.43. The highest BCUT2D eigenvalue weighted by atomic mass is 35.5. The summed E-state index contributed by atoms with van der Waals surface area (Å²) in [4.78, 5) is 18.6. The number of anilines is 1. The minimum Gasteiger partial charge on any atom is -0.339 e. The first-order valence-electron chi connectivity index (χ1n) is 7.52. The van der Waals surface area contributed by atoms with Gasteiger partial charge in [0.2, 0.25) is 11.8 Å². The lowest BCUT2D eigenvalue weighted by Gasteiger charge is -2.20. The molecular formula is C16H16ClN3O2. The third kappa shape index (κ3) is 2.29. The zero-order chi connectivity index (χ0) is 15.3. The van der Waals surface area contributed by atoms with Crippen LogP contribution in [0.25, 0.3) is 0 Å². The molecule has 1 amide bonds. The Kier molecular flexibility index (Phi) is 3.18. The number of benzene rings is 1. The summed E-state index contributed by atoms with van der Waals surface area (Å²) in [7, 11) is 0. The van der Waals surface area contributed by atoms with Gasteiger partial charge in [0.25, 0.3) is 0 Å². The molecule has 2 heterocycles. The Bertz CT molecular complexity index is 718. The Balaban J connectivity index is 1.60. The first kappa shape index (κ1) is 13.8. The van der Waals surface area contributed by atoms with E-state index in [0.717, 1.165) is 29.9 Å². The minimum atomic E-state index is -0.0526. The van der Waals surface area contributed by atoms with Crippen LogP contribution in [0.5, 0.6) is 0 Å². The highest BCUT2D eigenvalue weighted by molar-refractivity contribution is 6.34. The zero-order valence-electron chi connectivity index (χ0n) is 12.3. The summed E-state index contributed by atoms with van der Waals surface area (Å²) >= 11 is 6.28. The molecule has 0 spiro atoms. The van der Waals surface area contributed by atoms with E-state index in [1.807, 2.05) is 25.1 Å². The fraction of sp³-hybridized carbons (Fsp3) is 0.438. The van der Waals surface area contributed by atoms with E-state index in [1.54, 1.807) is 4.90 Å². The molecule has 1 aromatic carbocycles. The number of aryl methyl sites for hydroxylation is 1. The van der Waals surface area contributed by atoms with Crippen molar-refractivity contribution in [1.82, 2.24) is 10.1 Å². The SMILES string of the molecule is Cc1cccc(Cl)c1N1CC(c2nc(C3CC3)no2)CC1=O. The van der Waals surface area contributed by atoms with E-state index in [-0.39, 0.29) is 11.8 Å². The van der Waals surface area contributed by atoms with Crippen molar-refractivity contribution in [3.05, 3.63) is 40.5 Å². The maximum Gasteiger partial charge on any atom is 0.232 e. The molecule has 0 N–H and O–H groups in total. The second-order valence-electron chi connectivity index (χ2n) is 6.08. The summed E-state index contributed by atoms with van der Waals surface area (Å²) in [6.45, 7) is 2.50. The van der Waals surface area contributed by atoms with Gasteiger partial charge in [0, 0.05) is 18.9 Å². The third-order valence-electron chi connectivity index (χ3n) is 4.33. The molecule has 1 saturated carbocycles. The lowest BCUT2D eigenvalue weighted by molar-refractivity contribution is -0.117. The van der Waals surface area contributed by atoms with E-state index < -0.39 is 0 Å². The molecule has 22 heavy (non-hydrogen) atoms. The number of carbonyl (C=O) groups excluding carboxylic acids is 1. The molecule has 1 aliphatic heterocycles. The lowest BCUT2D eigenvalue weighted by Crippen LogP contribution is -2.25.